The lowest BCUT2D eigenvalue weighted by atomic mass is 10.2. The van der Waals surface area contributed by atoms with Gasteiger partial charge in [0, 0.05) is 12.6 Å². The van der Waals surface area contributed by atoms with Crippen molar-refractivity contribution in [3.8, 4) is 0 Å². The molecule has 0 aliphatic carbocycles. The van der Waals surface area contributed by atoms with Crippen molar-refractivity contribution in [3.05, 3.63) is 35.9 Å². The average molecular weight is 190 g/mol. The SMILES string of the molecule is Cc1ccc2cnc(CC(C)O)n2c1. The molecule has 3 nitrogen and oxygen atoms in total. The van der Waals surface area contributed by atoms with Crippen molar-refractivity contribution in [1.82, 2.24) is 9.38 Å². The minimum absolute atomic E-state index is 0.346. The number of rotatable bonds is 2. The van der Waals surface area contributed by atoms with Gasteiger partial charge in [-0.05, 0) is 25.5 Å². The van der Waals surface area contributed by atoms with Gasteiger partial charge in [-0.3, -0.25) is 0 Å². The summed E-state index contributed by atoms with van der Waals surface area (Å²) >= 11 is 0. The largest absolute Gasteiger partial charge is 0.393 e. The molecule has 3 heteroatoms. The Balaban J connectivity index is 2.50. The maximum atomic E-state index is 9.30. The normalized spacial score (nSPS) is 13.4. The fraction of sp³-hybridized carbons (Fsp3) is 0.364. The fourth-order valence-corrected chi connectivity index (χ4v) is 1.57. The van der Waals surface area contributed by atoms with E-state index in [1.807, 2.05) is 29.8 Å². The molecule has 0 amide bonds. The molecule has 1 unspecified atom stereocenters. The van der Waals surface area contributed by atoms with Gasteiger partial charge in [0.15, 0.2) is 0 Å². The summed E-state index contributed by atoms with van der Waals surface area (Å²) in [7, 11) is 0. The number of nitrogens with zero attached hydrogens (tertiary/aromatic N) is 2. The van der Waals surface area contributed by atoms with E-state index in [-0.39, 0.29) is 6.10 Å². The number of hydrogen-bond acceptors (Lipinski definition) is 2. The Labute approximate surface area is 83.0 Å². The Morgan fingerprint density at radius 1 is 1.50 bits per heavy atom. The molecule has 2 aromatic rings. The van der Waals surface area contributed by atoms with E-state index in [1.165, 1.54) is 5.56 Å². The standard InChI is InChI=1S/C11H14N2O/c1-8-3-4-10-6-12-11(5-9(2)14)13(10)7-8/h3-4,6-7,9,14H,5H2,1-2H3. The quantitative estimate of drug-likeness (QED) is 0.780. The molecule has 0 spiro atoms. The zero-order chi connectivity index (χ0) is 10.1. The lowest BCUT2D eigenvalue weighted by Gasteiger charge is -2.04. The zero-order valence-corrected chi connectivity index (χ0v) is 8.44. The van der Waals surface area contributed by atoms with Gasteiger partial charge in [-0.2, -0.15) is 0 Å². The summed E-state index contributed by atoms with van der Waals surface area (Å²) in [6.45, 7) is 3.82. The van der Waals surface area contributed by atoms with Crippen molar-refractivity contribution in [3.63, 3.8) is 0 Å². The summed E-state index contributed by atoms with van der Waals surface area (Å²) in [5, 5.41) is 9.30. The van der Waals surface area contributed by atoms with Gasteiger partial charge in [-0.25, -0.2) is 4.98 Å². The molecule has 14 heavy (non-hydrogen) atoms. The number of aromatic nitrogens is 2. The van der Waals surface area contributed by atoms with E-state index < -0.39 is 0 Å². The van der Waals surface area contributed by atoms with Gasteiger partial charge in [0.2, 0.25) is 0 Å². The van der Waals surface area contributed by atoms with Crippen molar-refractivity contribution in [2.24, 2.45) is 0 Å². The third kappa shape index (κ3) is 1.63. The van der Waals surface area contributed by atoms with E-state index in [0.717, 1.165) is 11.3 Å². The first-order valence-electron chi connectivity index (χ1n) is 4.77. The molecule has 0 radical (unpaired) electrons. The number of pyridine rings is 1. The van der Waals surface area contributed by atoms with E-state index in [9.17, 15) is 5.11 Å². The Morgan fingerprint density at radius 2 is 2.29 bits per heavy atom. The lowest BCUT2D eigenvalue weighted by Crippen LogP contribution is -2.07. The zero-order valence-electron chi connectivity index (χ0n) is 8.44. The third-order valence-electron chi connectivity index (χ3n) is 2.23. The molecule has 0 saturated carbocycles. The van der Waals surface area contributed by atoms with Crippen molar-refractivity contribution in [2.75, 3.05) is 0 Å². The van der Waals surface area contributed by atoms with Gasteiger partial charge in [0.25, 0.3) is 0 Å². The highest BCUT2D eigenvalue weighted by Crippen LogP contribution is 2.10. The van der Waals surface area contributed by atoms with Gasteiger partial charge in [-0.1, -0.05) is 6.07 Å². The van der Waals surface area contributed by atoms with E-state index >= 15 is 0 Å². The third-order valence-corrected chi connectivity index (χ3v) is 2.23. The highest BCUT2D eigenvalue weighted by atomic mass is 16.3. The van der Waals surface area contributed by atoms with Crippen LogP contribution in [0.4, 0.5) is 0 Å². The molecule has 2 aromatic heterocycles. The average Bonchev–Trinajstić information content (AvgIpc) is 2.47. The van der Waals surface area contributed by atoms with Crippen molar-refractivity contribution in [2.45, 2.75) is 26.4 Å². The van der Waals surface area contributed by atoms with Crippen molar-refractivity contribution < 1.29 is 5.11 Å². The summed E-state index contributed by atoms with van der Waals surface area (Å²) in [5.74, 6) is 0.915. The van der Waals surface area contributed by atoms with Gasteiger partial charge < -0.3 is 9.51 Å². The molecule has 0 bridgehead atoms. The molecule has 1 N–H and O–H groups in total. The molecule has 0 aliphatic rings. The fourth-order valence-electron chi connectivity index (χ4n) is 1.57. The Morgan fingerprint density at radius 3 is 3.00 bits per heavy atom. The maximum Gasteiger partial charge on any atom is 0.115 e. The Hall–Kier alpha value is -1.35. The minimum Gasteiger partial charge on any atom is -0.393 e. The summed E-state index contributed by atoms with van der Waals surface area (Å²) < 4.78 is 2.03. The molecule has 0 aromatic carbocycles. The number of imidazole rings is 1. The Kier molecular flexibility index (Phi) is 2.25. The van der Waals surface area contributed by atoms with Gasteiger partial charge >= 0.3 is 0 Å². The second-order valence-corrected chi connectivity index (χ2v) is 3.73. The van der Waals surface area contributed by atoms with E-state index in [0.29, 0.717) is 6.42 Å². The second kappa shape index (κ2) is 3.42. The van der Waals surface area contributed by atoms with Crippen LogP contribution in [-0.4, -0.2) is 20.6 Å². The molecule has 1 atom stereocenters. The highest BCUT2D eigenvalue weighted by Gasteiger charge is 2.05. The minimum atomic E-state index is -0.346. The summed E-state index contributed by atoms with van der Waals surface area (Å²) in [6, 6.07) is 4.09. The molecule has 74 valence electrons. The van der Waals surface area contributed by atoms with Crippen LogP contribution in [0.25, 0.3) is 5.52 Å². The first-order valence-corrected chi connectivity index (χ1v) is 4.77. The van der Waals surface area contributed by atoms with E-state index in [1.54, 1.807) is 6.92 Å². The van der Waals surface area contributed by atoms with E-state index in [2.05, 4.69) is 11.1 Å². The summed E-state index contributed by atoms with van der Waals surface area (Å²) in [5.41, 5.74) is 2.27. The lowest BCUT2D eigenvalue weighted by molar-refractivity contribution is 0.192. The molecular weight excluding hydrogens is 176 g/mol. The van der Waals surface area contributed by atoms with Crippen LogP contribution in [0, 0.1) is 6.92 Å². The summed E-state index contributed by atoms with van der Waals surface area (Å²) in [4.78, 5) is 4.28. The van der Waals surface area contributed by atoms with Crippen molar-refractivity contribution >= 4 is 5.52 Å². The number of aliphatic hydroxyl groups is 1. The van der Waals surface area contributed by atoms with Crippen LogP contribution in [0.5, 0.6) is 0 Å². The van der Waals surface area contributed by atoms with E-state index in [4.69, 9.17) is 0 Å². The second-order valence-electron chi connectivity index (χ2n) is 3.73. The van der Waals surface area contributed by atoms with Crippen LogP contribution in [-0.2, 0) is 6.42 Å². The molecule has 0 aliphatic heterocycles. The van der Waals surface area contributed by atoms with Gasteiger partial charge in [0.05, 0.1) is 17.8 Å². The van der Waals surface area contributed by atoms with Crippen LogP contribution in [0.3, 0.4) is 0 Å². The predicted molar refractivity (Wildman–Crippen MR) is 55.3 cm³/mol. The molecule has 0 saturated heterocycles. The van der Waals surface area contributed by atoms with Crippen LogP contribution >= 0.6 is 0 Å². The number of fused-ring (bicyclic) bond motifs is 1. The molecule has 2 rings (SSSR count). The maximum absolute atomic E-state index is 9.30. The topological polar surface area (TPSA) is 37.5 Å². The van der Waals surface area contributed by atoms with Crippen LogP contribution in [0.2, 0.25) is 0 Å². The molecule has 2 heterocycles. The van der Waals surface area contributed by atoms with Gasteiger partial charge in [0.1, 0.15) is 5.82 Å². The molecular formula is C11H14N2O. The van der Waals surface area contributed by atoms with Crippen molar-refractivity contribution in [1.29, 1.82) is 0 Å². The smallest absolute Gasteiger partial charge is 0.115 e. The van der Waals surface area contributed by atoms with Crippen LogP contribution < -0.4 is 0 Å². The monoisotopic (exact) mass is 190 g/mol. The van der Waals surface area contributed by atoms with Gasteiger partial charge in [-0.15, -0.1) is 0 Å². The van der Waals surface area contributed by atoms with Crippen LogP contribution in [0.1, 0.15) is 18.3 Å². The number of hydrogen-bond donors (Lipinski definition) is 1. The first kappa shape index (κ1) is 9.21. The predicted octanol–water partition coefficient (Wildman–Crippen LogP) is 1.57. The number of aliphatic hydroxyl groups excluding tert-OH is 1. The number of aryl methyl sites for hydroxylation is 1. The Bertz CT molecular complexity index is 445. The first-order chi connectivity index (χ1) is 6.66. The summed E-state index contributed by atoms with van der Waals surface area (Å²) in [6.07, 6.45) is 4.12. The highest BCUT2D eigenvalue weighted by molar-refractivity contribution is 5.46. The molecule has 0 fully saturated rings. The van der Waals surface area contributed by atoms with Crippen LogP contribution in [0.15, 0.2) is 24.5 Å².